The van der Waals surface area contributed by atoms with Gasteiger partial charge in [-0.15, -0.1) is 4.37 Å². The number of esters is 2. The van der Waals surface area contributed by atoms with Crippen LogP contribution in [0.5, 0.6) is 0 Å². The lowest BCUT2D eigenvalue weighted by atomic mass is 10.2. The van der Waals surface area contributed by atoms with Crippen LogP contribution in [0.3, 0.4) is 0 Å². The zero-order valence-corrected chi connectivity index (χ0v) is 28.4. The van der Waals surface area contributed by atoms with E-state index >= 15 is 0 Å². The lowest BCUT2D eigenvalue weighted by Gasteiger charge is -2.03. The summed E-state index contributed by atoms with van der Waals surface area (Å²) in [6.07, 6.45) is 0. The molecule has 0 amide bonds. The number of nitrogen functional groups attached to an aromatic ring is 1. The summed E-state index contributed by atoms with van der Waals surface area (Å²) >= 11 is 23.3. The van der Waals surface area contributed by atoms with Gasteiger partial charge >= 0.3 is 26.6 Å². The first-order valence-electron chi connectivity index (χ1n) is 9.34. The Morgan fingerprint density at radius 1 is 0.947 bits per heavy atom. The van der Waals surface area contributed by atoms with Gasteiger partial charge in [-0.25, -0.2) is 14.6 Å². The number of carbonyl (C=O) groups excluding carboxylic acids is 2. The molecular formula is C20H14Br2Cl4N4O4S4. The first-order valence-corrected chi connectivity index (χ1v) is 16.3. The van der Waals surface area contributed by atoms with E-state index in [0.717, 1.165) is 8.95 Å². The van der Waals surface area contributed by atoms with Gasteiger partial charge in [-0.1, -0.05) is 55.1 Å². The van der Waals surface area contributed by atoms with E-state index in [9.17, 15) is 9.59 Å². The summed E-state index contributed by atoms with van der Waals surface area (Å²) in [4.78, 5) is 27.0. The highest BCUT2D eigenvalue weighted by atomic mass is 79.9. The molecule has 0 atom stereocenters. The molecule has 0 bridgehead atoms. The van der Waals surface area contributed by atoms with Crippen molar-refractivity contribution in [2.45, 2.75) is 0 Å². The quantitative estimate of drug-likeness (QED) is 0.130. The SMILES string of the molecule is COC(=O)c1ccc(Br)cc1N.COC(=O)c1ccc(Br)cc1N=c1ssnc1Cl.Clc1ns[s+]c1Cl.[Cl-]. The lowest BCUT2D eigenvalue weighted by molar-refractivity contribution is -0.0000359. The molecule has 0 aliphatic carbocycles. The maximum atomic E-state index is 11.6. The molecule has 0 radical (unpaired) electrons. The van der Waals surface area contributed by atoms with E-state index in [2.05, 4.69) is 50.3 Å². The molecule has 2 heterocycles. The number of anilines is 1. The Balaban J connectivity index is 0.000000311. The van der Waals surface area contributed by atoms with Gasteiger partial charge in [0.2, 0.25) is 5.15 Å². The van der Waals surface area contributed by atoms with Crippen LogP contribution >= 0.6 is 108 Å². The highest BCUT2D eigenvalue weighted by Gasteiger charge is 2.13. The Morgan fingerprint density at radius 3 is 1.97 bits per heavy atom. The maximum Gasteiger partial charge on any atom is 0.354 e. The number of carbonyl (C=O) groups is 2. The Morgan fingerprint density at radius 2 is 1.53 bits per heavy atom. The third-order valence-corrected chi connectivity index (χ3v) is 9.85. The minimum absolute atomic E-state index is 0. The molecule has 4 aromatic rings. The number of benzene rings is 2. The van der Waals surface area contributed by atoms with E-state index in [-0.39, 0.29) is 12.4 Å². The molecule has 0 aliphatic heterocycles. The zero-order chi connectivity index (χ0) is 27.5. The molecule has 8 nitrogen and oxygen atoms in total. The van der Waals surface area contributed by atoms with Gasteiger partial charge in [0.15, 0.2) is 9.82 Å². The topological polar surface area (TPSA) is 117 Å². The van der Waals surface area contributed by atoms with Crippen LogP contribution in [0.2, 0.25) is 14.6 Å². The molecule has 0 saturated carbocycles. The Bertz CT molecular complexity index is 1440. The third-order valence-electron chi connectivity index (χ3n) is 3.81. The second-order valence-corrected chi connectivity index (χ2v) is 13.0. The van der Waals surface area contributed by atoms with E-state index in [1.165, 1.54) is 56.0 Å². The van der Waals surface area contributed by atoms with E-state index in [0.29, 0.717) is 41.8 Å². The predicted octanol–water partition coefficient (Wildman–Crippen LogP) is 5.25. The largest absolute Gasteiger partial charge is 1.00 e. The molecule has 18 heteroatoms. The second-order valence-electron chi connectivity index (χ2n) is 6.15. The number of methoxy groups -OCH3 is 2. The predicted molar refractivity (Wildman–Crippen MR) is 160 cm³/mol. The summed E-state index contributed by atoms with van der Waals surface area (Å²) in [7, 11) is 7.91. The normalized spacial score (nSPS) is 10.2. The van der Waals surface area contributed by atoms with E-state index in [1.807, 2.05) is 0 Å². The molecule has 2 N–H and O–H groups in total. The van der Waals surface area contributed by atoms with Gasteiger partial charge in [0.25, 0.3) is 10.5 Å². The van der Waals surface area contributed by atoms with Gasteiger partial charge in [-0.3, -0.25) is 0 Å². The van der Waals surface area contributed by atoms with Gasteiger partial charge in [-0.05, 0) is 58.3 Å². The lowest BCUT2D eigenvalue weighted by Crippen LogP contribution is -3.00. The van der Waals surface area contributed by atoms with E-state index in [4.69, 9.17) is 45.3 Å². The molecule has 204 valence electrons. The van der Waals surface area contributed by atoms with Crippen LogP contribution in [0.1, 0.15) is 20.7 Å². The number of hydrogen-bond donors (Lipinski definition) is 1. The van der Waals surface area contributed by atoms with Crippen molar-refractivity contribution >= 4 is 132 Å². The standard InChI is InChI=1S/C10H6BrClN2O2S2.C8H8BrNO2.C2Cl2NS2.ClH/c1-16-10(15)6-3-2-5(11)4-7(6)13-9-8(12)14-18-17-9;1-12-8(11)6-3-2-5(9)4-7(6)10;3-1-2(4)6-7-5-1;/h2-4H,1H3;2-4H,10H2,1H3;;1H/q;;+1;/p-1. The number of aromatic nitrogens is 2. The molecule has 2 aromatic carbocycles. The molecule has 0 saturated heterocycles. The van der Waals surface area contributed by atoms with Crippen LogP contribution in [0.4, 0.5) is 11.4 Å². The molecule has 2 aromatic heterocycles. The Hall–Kier alpha value is -0.940. The van der Waals surface area contributed by atoms with Crippen molar-refractivity contribution in [2.75, 3.05) is 20.0 Å². The minimum Gasteiger partial charge on any atom is -1.00 e. The highest BCUT2D eigenvalue weighted by molar-refractivity contribution is 9.10. The fraction of sp³-hybridized carbons (Fsp3) is 0.100. The molecule has 0 spiro atoms. The van der Waals surface area contributed by atoms with Crippen LogP contribution in [-0.4, -0.2) is 34.9 Å². The van der Waals surface area contributed by atoms with Gasteiger partial charge in [0, 0.05) is 25.2 Å². The van der Waals surface area contributed by atoms with Gasteiger partial charge in [0.05, 0.1) is 31.0 Å². The molecular weight excluding hydrogens is 790 g/mol. The van der Waals surface area contributed by atoms with Crippen molar-refractivity contribution < 1.29 is 31.5 Å². The van der Waals surface area contributed by atoms with Crippen molar-refractivity contribution in [3.8, 4) is 0 Å². The molecule has 0 fully saturated rings. The molecule has 38 heavy (non-hydrogen) atoms. The number of nitrogens with two attached hydrogens (primary N) is 1. The molecule has 0 unspecified atom stereocenters. The Labute approximate surface area is 270 Å². The van der Waals surface area contributed by atoms with E-state index in [1.54, 1.807) is 36.4 Å². The summed E-state index contributed by atoms with van der Waals surface area (Å²) in [5.74, 6) is -0.856. The second kappa shape index (κ2) is 17.7. The third kappa shape index (κ3) is 10.9. The van der Waals surface area contributed by atoms with Crippen molar-refractivity contribution in [3.05, 3.63) is 75.8 Å². The van der Waals surface area contributed by atoms with Gasteiger partial charge in [0.1, 0.15) is 0 Å². The monoisotopic (exact) mass is 800 g/mol. The molecule has 0 aliphatic rings. The number of hydrogen-bond acceptors (Lipinski definition) is 11. The summed E-state index contributed by atoms with van der Waals surface area (Å²) in [5, 5.41) is 0.748. The first kappa shape index (κ1) is 35.1. The summed E-state index contributed by atoms with van der Waals surface area (Å²) < 4.78 is 19.7. The van der Waals surface area contributed by atoms with Crippen LogP contribution in [0.25, 0.3) is 0 Å². The maximum absolute atomic E-state index is 11.6. The van der Waals surface area contributed by atoms with Crippen LogP contribution < -0.4 is 22.8 Å². The smallest absolute Gasteiger partial charge is 0.354 e. The summed E-state index contributed by atoms with van der Waals surface area (Å²) in [6.45, 7) is 0. The van der Waals surface area contributed by atoms with E-state index < -0.39 is 11.9 Å². The van der Waals surface area contributed by atoms with Gasteiger partial charge in [-0.2, -0.15) is 4.37 Å². The van der Waals surface area contributed by atoms with Gasteiger partial charge < -0.3 is 27.6 Å². The van der Waals surface area contributed by atoms with Crippen molar-refractivity contribution in [3.63, 3.8) is 0 Å². The number of ether oxygens (including phenoxy) is 2. The van der Waals surface area contributed by atoms with Crippen molar-refractivity contribution in [2.24, 2.45) is 4.99 Å². The number of halogens is 6. The fourth-order valence-corrected chi connectivity index (χ4v) is 6.94. The fourth-order valence-electron chi connectivity index (χ4n) is 2.20. The average molecular weight is 804 g/mol. The summed E-state index contributed by atoms with van der Waals surface area (Å²) in [5.41, 5.74) is 7.25. The number of nitrogens with zero attached hydrogens (tertiary/aromatic N) is 3. The van der Waals surface area contributed by atoms with Crippen molar-refractivity contribution in [1.29, 1.82) is 0 Å². The van der Waals surface area contributed by atoms with Crippen molar-refractivity contribution in [1.82, 2.24) is 8.75 Å². The summed E-state index contributed by atoms with van der Waals surface area (Å²) in [6, 6.07) is 10.1. The molecule has 4 rings (SSSR count). The zero-order valence-electron chi connectivity index (χ0n) is 18.9. The van der Waals surface area contributed by atoms with Crippen LogP contribution in [-0.2, 0) is 9.47 Å². The minimum atomic E-state index is -0.439. The van der Waals surface area contributed by atoms with Crippen LogP contribution in [0.15, 0.2) is 50.3 Å². The first-order chi connectivity index (χ1) is 17.6. The van der Waals surface area contributed by atoms with Crippen LogP contribution in [0, 0.1) is 0 Å². The Kier molecular flexibility index (Phi) is 16.3. The average Bonchev–Trinajstić information content (AvgIpc) is 3.45. The highest BCUT2D eigenvalue weighted by Crippen LogP contribution is 2.27. The number of rotatable bonds is 3.